The molecule has 1 aromatic carbocycles. The Balaban J connectivity index is 1.85. The Morgan fingerprint density at radius 3 is 2.83 bits per heavy atom. The highest BCUT2D eigenvalue weighted by Crippen LogP contribution is 2.23. The van der Waals surface area contributed by atoms with Gasteiger partial charge in [0, 0.05) is 16.2 Å². The van der Waals surface area contributed by atoms with Gasteiger partial charge >= 0.3 is 0 Å². The van der Waals surface area contributed by atoms with Crippen molar-refractivity contribution in [3.8, 4) is 0 Å². The molecule has 0 amide bonds. The number of hydrogen-bond donors (Lipinski definition) is 0. The van der Waals surface area contributed by atoms with E-state index in [1.807, 2.05) is 24.3 Å². The molecule has 0 atom stereocenters. The van der Waals surface area contributed by atoms with Gasteiger partial charge in [0.15, 0.2) is 0 Å². The average molecular weight is 297 g/mol. The molecule has 0 unspecified atom stereocenters. The number of hydrogen-bond acceptors (Lipinski definition) is 3. The number of benzene rings is 1. The van der Waals surface area contributed by atoms with Crippen molar-refractivity contribution in [2.75, 3.05) is 5.75 Å². The van der Waals surface area contributed by atoms with Crippen LogP contribution in [0.1, 0.15) is 10.4 Å². The number of ketones is 1. The molecule has 0 bridgehead atoms. The van der Waals surface area contributed by atoms with E-state index in [9.17, 15) is 4.79 Å². The smallest absolute Gasteiger partial charge is 0.148 e. The molecule has 1 nitrogen and oxygen atoms in total. The molecule has 2 rings (SSSR count). The number of aryl methyl sites for hydroxylation is 1. The van der Waals surface area contributed by atoms with Crippen LogP contribution in [0.25, 0.3) is 0 Å². The van der Waals surface area contributed by atoms with Gasteiger partial charge in [-0.1, -0.05) is 29.3 Å². The minimum absolute atomic E-state index is 0.236. The first-order valence-electron chi connectivity index (χ1n) is 5.59. The van der Waals surface area contributed by atoms with E-state index in [0.29, 0.717) is 12.2 Å². The number of carbonyl (C=O) groups excluding carboxylic acids is 1. The van der Waals surface area contributed by atoms with Crippen LogP contribution in [0.15, 0.2) is 41.3 Å². The largest absolute Gasteiger partial charge is 0.298 e. The lowest BCUT2D eigenvalue weighted by Crippen LogP contribution is -2.04. The van der Waals surface area contributed by atoms with Crippen molar-refractivity contribution < 1.29 is 4.79 Å². The van der Waals surface area contributed by atoms with Crippen molar-refractivity contribution in [2.45, 2.75) is 18.2 Å². The highest BCUT2D eigenvalue weighted by molar-refractivity contribution is 8.00. The van der Waals surface area contributed by atoms with Crippen LogP contribution in [-0.2, 0) is 11.2 Å². The Morgan fingerprint density at radius 1 is 1.33 bits per heavy atom. The van der Waals surface area contributed by atoms with Crippen LogP contribution in [0.3, 0.4) is 0 Å². The summed E-state index contributed by atoms with van der Waals surface area (Å²) in [4.78, 5) is 14.0. The first-order chi connectivity index (χ1) is 8.63. The minimum Gasteiger partial charge on any atom is -0.298 e. The quantitative estimate of drug-likeness (QED) is 0.749. The summed E-state index contributed by atoms with van der Waals surface area (Å²) in [5.74, 6) is 0.749. The Bertz CT molecular complexity index is 548. The average Bonchev–Trinajstić information content (AvgIpc) is 2.72. The second-order valence-corrected chi connectivity index (χ2v) is 6.87. The van der Waals surface area contributed by atoms with E-state index >= 15 is 0 Å². The van der Waals surface area contributed by atoms with Crippen LogP contribution in [0.2, 0.25) is 4.34 Å². The van der Waals surface area contributed by atoms with Gasteiger partial charge in [-0.25, -0.2) is 0 Å². The van der Waals surface area contributed by atoms with Crippen LogP contribution in [0.4, 0.5) is 0 Å². The molecule has 1 heterocycles. The standard InChI is InChI=1S/C14H13ClOS2/c1-10-3-2-4-12(7-10)17-9-11(16)8-13-5-6-14(15)18-13/h2-7H,8-9H2,1H3. The van der Waals surface area contributed by atoms with E-state index in [4.69, 9.17) is 11.6 Å². The predicted octanol–water partition coefficient (Wildman–Crippen LogP) is 4.61. The third kappa shape index (κ3) is 4.16. The fourth-order valence-corrected chi connectivity index (χ4v) is 3.55. The normalized spacial score (nSPS) is 10.6. The maximum absolute atomic E-state index is 11.8. The lowest BCUT2D eigenvalue weighted by molar-refractivity contribution is -0.115. The second-order valence-electron chi connectivity index (χ2n) is 4.03. The van der Waals surface area contributed by atoms with Crippen LogP contribution in [-0.4, -0.2) is 11.5 Å². The first-order valence-corrected chi connectivity index (χ1v) is 7.77. The van der Waals surface area contributed by atoms with Crippen LogP contribution < -0.4 is 0 Å². The highest BCUT2D eigenvalue weighted by atomic mass is 35.5. The summed E-state index contributed by atoms with van der Waals surface area (Å²) in [6, 6.07) is 12.0. The molecular formula is C14H13ClOS2. The molecule has 4 heteroatoms. The zero-order chi connectivity index (χ0) is 13.0. The summed E-state index contributed by atoms with van der Waals surface area (Å²) in [5, 5.41) is 0. The van der Waals surface area contributed by atoms with Gasteiger partial charge in [-0.3, -0.25) is 4.79 Å². The summed E-state index contributed by atoms with van der Waals surface area (Å²) >= 11 is 8.90. The molecule has 0 spiro atoms. The monoisotopic (exact) mass is 296 g/mol. The topological polar surface area (TPSA) is 17.1 Å². The number of thiophene rings is 1. The van der Waals surface area contributed by atoms with Crippen molar-refractivity contribution in [1.29, 1.82) is 0 Å². The summed E-state index contributed by atoms with van der Waals surface area (Å²) in [6.45, 7) is 2.06. The van der Waals surface area contributed by atoms with E-state index in [-0.39, 0.29) is 5.78 Å². The molecular weight excluding hydrogens is 284 g/mol. The highest BCUT2D eigenvalue weighted by Gasteiger charge is 2.07. The van der Waals surface area contributed by atoms with Gasteiger partial charge < -0.3 is 0 Å². The van der Waals surface area contributed by atoms with E-state index in [2.05, 4.69) is 19.1 Å². The number of rotatable bonds is 5. The Labute approximate surface area is 120 Å². The van der Waals surface area contributed by atoms with Crippen LogP contribution in [0.5, 0.6) is 0 Å². The second kappa shape index (κ2) is 6.41. The lowest BCUT2D eigenvalue weighted by atomic mass is 10.2. The van der Waals surface area contributed by atoms with E-state index in [1.165, 1.54) is 16.9 Å². The fourth-order valence-electron chi connectivity index (χ4n) is 1.56. The third-order valence-corrected chi connectivity index (χ3v) is 4.67. The maximum atomic E-state index is 11.8. The third-order valence-electron chi connectivity index (χ3n) is 2.39. The Hall–Kier alpha value is -0.770. The maximum Gasteiger partial charge on any atom is 0.148 e. The van der Waals surface area contributed by atoms with Crippen molar-refractivity contribution in [2.24, 2.45) is 0 Å². The van der Waals surface area contributed by atoms with Crippen LogP contribution >= 0.6 is 34.7 Å². The molecule has 0 radical (unpaired) electrons. The van der Waals surface area contributed by atoms with E-state index in [0.717, 1.165) is 14.1 Å². The zero-order valence-electron chi connectivity index (χ0n) is 9.98. The fraction of sp³-hybridized carbons (Fsp3) is 0.214. The van der Waals surface area contributed by atoms with Gasteiger partial charge in [0.1, 0.15) is 5.78 Å². The molecule has 18 heavy (non-hydrogen) atoms. The van der Waals surface area contributed by atoms with Gasteiger partial charge in [-0.15, -0.1) is 23.1 Å². The van der Waals surface area contributed by atoms with Crippen molar-refractivity contribution >= 4 is 40.5 Å². The molecule has 0 saturated carbocycles. The number of thioether (sulfide) groups is 1. The first kappa shape index (κ1) is 13.7. The Morgan fingerprint density at radius 2 is 2.17 bits per heavy atom. The molecule has 0 aliphatic carbocycles. The zero-order valence-corrected chi connectivity index (χ0v) is 12.4. The van der Waals surface area contributed by atoms with E-state index < -0.39 is 0 Å². The molecule has 0 N–H and O–H groups in total. The molecule has 0 aliphatic heterocycles. The molecule has 0 aliphatic rings. The SMILES string of the molecule is Cc1cccc(SCC(=O)Cc2ccc(Cl)s2)c1. The summed E-state index contributed by atoms with van der Waals surface area (Å²) in [7, 11) is 0. The molecule has 0 saturated heterocycles. The molecule has 0 fully saturated rings. The van der Waals surface area contributed by atoms with Gasteiger partial charge in [0.2, 0.25) is 0 Å². The van der Waals surface area contributed by atoms with Crippen molar-refractivity contribution in [3.63, 3.8) is 0 Å². The number of Topliss-reactive ketones (excluding diaryl/α,β-unsaturated/α-hetero) is 1. The van der Waals surface area contributed by atoms with E-state index in [1.54, 1.807) is 11.8 Å². The number of halogens is 1. The van der Waals surface area contributed by atoms with Gasteiger partial charge in [0.25, 0.3) is 0 Å². The Kier molecular flexibility index (Phi) is 4.87. The molecule has 94 valence electrons. The number of carbonyl (C=O) groups is 1. The molecule has 2 aromatic rings. The van der Waals surface area contributed by atoms with Gasteiger partial charge in [-0.05, 0) is 31.2 Å². The lowest BCUT2D eigenvalue weighted by Gasteiger charge is -2.01. The van der Waals surface area contributed by atoms with Crippen molar-refractivity contribution in [1.82, 2.24) is 0 Å². The minimum atomic E-state index is 0.236. The van der Waals surface area contributed by atoms with Crippen molar-refractivity contribution in [3.05, 3.63) is 51.2 Å². The summed E-state index contributed by atoms with van der Waals surface area (Å²) in [6.07, 6.45) is 0.482. The van der Waals surface area contributed by atoms with Gasteiger partial charge in [0.05, 0.1) is 10.1 Å². The summed E-state index contributed by atoms with van der Waals surface area (Å²) < 4.78 is 0.740. The molecule has 1 aromatic heterocycles. The predicted molar refractivity (Wildman–Crippen MR) is 79.9 cm³/mol. The van der Waals surface area contributed by atoms with Crippen LogP contribution in [0, 0.1) is 6.92 Å². The summed E-state index contributed by atoms with van der Waals surface area (Å²) in [5.41, 5.74) is 1.22. The van der Waals surface area contributed by atoms with Gasteiger partial charge in [-0.2, -0.15) is 0 Å².